The normalized spacial score (nSPS) is 23.4. The van der Waals surface area contributed by atoms with E-state index in [0.29, 0.717) is 12.0 Å². The van der Waals surface area contributed by atoms with Crippen LogP contribution in [0.25, 0.3) is 0 Å². The standard InChI is InChI=1S/C18H19NO/c1-20-14-8-6-12-7-9-17-18(16(12)10-14)15-5-3-2-4-13(15)11-19-17/h2-6,8,10,17-19H,7,9,11H2,1H3/t17-,18-/m0/s1. The summed E-state index contributed by atoms with van der Waals surface area (Å²) in [5.74, 6) is 1.44. The SMILES string of the molecule is COc1ccc2c(c1)[C@@H]1c3ccccc3CN[C@H]1CC2. The molecule has 2 aliphatic rings. The van der Waals surface area contributed by atoms with Gasteiger partial charge in [-0.2, -0.15) is 0 Å². The zero-order chi connectivity index (χ0) is 13.5. The van der Waals surface area contributed by atoms with Gasteiger partial charge in [0.25, 0.3) is 0 Å². The van der Waals surface area contributed by atoms with Gasteiger partial charge in [0.2, 0.25) is 0 Å². The van der Waals surface area contributed by atoms with Crippen LogP contribution in [-0.2, 0) is 13.0 Å². The van der Waals surface area contributed by atoms with E-state index in [4.69, 9.17) is 4.74 Å². The summed E-state index contributed by atoms with van der Waals surface area (Å²) in [5.41, 5.74) is 5.85. The van der Waals surface area contributed by atoms with Crippen molar-refractivity contribution in [2.75, 3.05) is 7.11 Å². The van der Waals surface area contributed by atoms with E-state index in [9.17, 15) is 0 Å². The second kappa shape index (κ2) is 4.64. The largest absolute Gasteiger partial charge is 0.497 e. The lowest BCUT2D eigenvalue weighted by molar-refractivity contribution is 0.387. The Labute approximate surface area is 119 Å². The van der Waals surface area contributed by atoms with Gasteiger partial charge in [-0.25, -0.2) is 0 Å². The van der Waals surface area contributed by atoms with Crippen molar-refractivity contribution < 1.29 is 4.74 Å². The van der Waals surface area contributed by atoms with Crippen molar-refractivity contribution in [3.8, 4) is 5.75 Å². The van der Waals surface area contributed by atoms with E-state index in [1.807, 2.05) is 0 Å². The minimum absolute atomic E-state index is 0.471. The van der Waals surface area contributed by atoms with Gasteiger partial charge in [-0.1, -0.05) is 30.3 Å². The molecule has 2 heteroatoms. The molecule has 0 spiro atoms. The van der Waals surface area contributed by atoms with E-state index in [1.165, 1.54) is 28.7 Å². The van der Waals surface area contributed by atoms with E-state index < -0.39 is 0 Å². The molecule has 2 aromatic carbocycles. The molecular formula is C18H19NO. The monoisotopic (exact) mass is 265 g/mol. The summed E-state index contributed by atoms with van der Waals surface area (Å²) < 4.78 is 5.43. The maximum absolute atomic E-state index is 5.43. The smallest absolute Gasteiger partial charge is 0.119 e. The minimum atomic E-state index is 0.471. The Morgan fingerprint density at radius 1 is 1.05 bits per heavy atom. The highest BCUT2D eigenvalue weighted by Crippen LogP contribution is 2.41. The number of hydrogen-bond donors (Lipinski definition) is 1. The number of rotatable bonds is 1. The number of aryl methyl sites for hydroxylation is 1. The van der Waals surface area contributed by atoms with Crippen LogP contribution in [0.2, 0.25) is 0 Å². The van der Waals surface area contributed by atoms with E-state index in [0.717, 1.165) is 18.7 Å². The summed E-state index contributed by atoms with van der Waals surface area (Å²) in [6, 6.07) is 15.9. The van der Waals surface area contributed by atoms with Gasteiger partial charge in [0.1, 0.15) is 5.75 Å². The third kappa shape index (κ3) is 1.75. The first-order valence-electron chi connectivity index (χ1n) is 7.35. The van der Waals surface area contributed by atoms with Crippen LogP contribution < -0.4 is 10.1 Å². The predicted octanol–water partition coefficient (Wildman–Crippen LogP) is 3.25. The summed E-state index contributed by atoms with van der Waals surface area (Å²) >= 11 is 0. The van der Waals surface area contributed by atoms with E-state index in [1.54, 1.807) is 7.11 Å². The Morgan fingerprint density at radius 3 is 2.85 bits per heavy atom. The topological polar surface area (TPSA) is 21.3 Å². The lowest BCUT2D eigenvalue weighted by Gasteiger charge is -2.39. The van der Waals surface area contributed by atoms with E-state index in [2.05, 4.69) is 47.8 Å². The first kappa shape index (κ1) is 12.0. The number of nitrogens with one attached hydrogen (secondary N) is 1. The average molecular weight is 265 g/mol. The molecule has 0 amide bonds. The molecule has 0 fully saturated rings. The highest BCUT2D eigenvalue weighted by molar-refractivity contribution is 5.49. The Bertz CT molecular complexity index is 650. The summed E-state index contributed by atoms with van der Waals surface area (Å²) in [7, 11) is 1.75. The van der Waals surface area contributed by atoms with Gasteiger partial charge in [0.05, 0.1) is 7.11 Å². The fraction of sp³-hybridized carbons (Fsp3) is 0.333. The summed E-state index contributed by atoms with van der Waals surface area (Å²) in [5, 5.41) is 3.71. The Hall–Kier alpha value is -1.80. The van der Waals surface area contributed by atoms with E-state index >= 15 is 0 Å². The quantitative estimate of drug-likeness (QED) is 0.854. The van der Waals surface area contributed by atoms with Crippen LogP contribution >= 0.6 is 0 Å². The fourth-order valence-electron chi connectivity index (χ4n) is 3.76. The molecule has 1 N–H and O–H groups in total. The van der Waals surface area contributed by atoms with Gasteiger partial charge in [0, 0.05) is 18.5 Å². The molecule has 0 saturated heterocycles. The summed E-state index contributed by atoms with van der Waals surface area (Å²) in [4.78, 5) is 0. The first-order chi connectivity index (χ1) is 9.86. The number of hydrogen-bond acceptors (Lipinski definition) is 2. The van der Waals surface area contributed by atoms with Gasteiger partial charge in [-0.15, -0.1) is 0 Å². The first-order valence-corrected chi connectivity index (χ1v) is 7.35. The third-order valence-electron chi connectivity index (χ3n) is 4.76. The maximum atomic E-state index is 5.43. The molecule has 1 heterocycles. The molecule has 102 valence electrons. The van der Waals surface area contributed by atoms with Crippen molar-refractivity contribution in [1.82, 2.24) is 5.32 Å². The summed E-state index contributed by atoms with van der Waals surface area (Å²) in [6.07, 6.45) is 2.38. The van der Waals surface area contributed by atoms with Crippen LogP contribution in [0.4, 0.5) is 0 Å². The van der Waals surface area contributed by atoms with Crippen molar-refractivity contribution in [3.05, 3.63) is 64.7 Å². The highest BCUT2D eigenvalue weighted by atomic mass is 16.5. The van der Waals surface area contributed by atoms with Crippen molar-refractivity contribution in [3.63, 3.8) is 0 Å². The molecule has 2 atom stereocenters. The minimum Gasteiger partial charge on any atom is -0.497 e. The number of fused-ring (bicyclic) bond motifs is 5. The number of ether oxygens (including phenoxy) is 1. The zero-order valence-corrected chi connectivity index (χ0v) is 11.7. The maximum Gasteiger partial charge on any atom is 0.119 e. The second-order valence-corrected chi connectivity index (χ2v) is 5.77. The Balaban J connectivity index is 1.89. The molecule has 0 unspecified atom stereocenters. The van der Waals surface area contributed by atoms with Crippen LogP contribution in [0.3, 0.4) is 0 Å². The third-order valence-corrected chi connectivity index (χ3v) is 4.76. The molecule has 0 radical (unpaired) electrons. The van der Waals surface area contributed by atoms with Crippen LogP contribution in [0.15, 0.2) is 42.5 Å². The van der Waals surface area contributed by atoms with Crippen LogP contribution in [-0.4, -0.2) is 13.2 Å². The Kier molecular flexibility index (Phi) is 2.78. The molecule has 2 aromatic rings. The second-order valence-electron chi connectivity index (χ2n) is 5.77. The van der Waals surface area contributed by atoms with Gasteiger partial charge in [-0.05, 0) is 47.2 Å². The van der Waals surface area contributed by atoms with Crippen LogP contribution in [0, 0.1) is 0 Å². The molecule has 1 aliphatic carbocycles. The number of benzene rings is 2. The zero-order valence-electron chi connectivity index (χ0n) is 11.7. The predicted molar refractivity (Wildman–Crippen MR) is 80.2 cm³/mol. The summed E-state index contributed by atoms with van der Waals surface area (Å²) in [6.45, 7) is 0.997. The lowest BCUT2D eigenvalue weighted by Crippen LogP contribution is -2.42. The van der Waals surface area contributed by atoms with Gasteiger partial charge >= 0.3 is 0 Å². The van der Waals surface area contributed by atoms with Crippen molar-refractivity contribution in [2.24, 2.45) is 0 Å². The molecular weight excluding hydrogens is 246 g/mol. The number of methoxy groups -OCH3 is 1. The highest BCUT2D eigenvalue weighted by Gasteiger charge is 2.34. The van der Waals surface area contributed by atoms with Gasteiger partial charge in [0.15, 0.2) is 0 Å². The molecule has 0 bridgehead atoms. The molecule has 0 aromatic heterocycles. The van der Waals surface area contributed by atoms with Gasteiger partial charge in [-0.3, -0.25) is 0 Å². The van der Waals surface area contributed by atoms with Crippen LogP contribution in [0.1, 0.15) is 34.6 Å². The Morgan fingerprint density at radius 2 is 1.95 bits per heavy atom. The van der Waals surface area contributed by atoms with Crippen LogP contribution in [0.5, 0.6) is 5.75 Å². The van der Waals surface area contributed by atoms with Crippen molar-refractivity contribution in [1.29, 1.82) is 0 Å². The van der Waals surface area contributed by atoms with Crippen molar-refractivity contribution in [2.45, 2.75) is 31.3 Å². The molecule has 4 rings (SSSR count). The molecule has 0 saturated carbocycles. The lowest BCUT2D eigenvalue weighted by atomic mass is 9.72. The van der Waals surface area contributed by atoms with Crippen molar-refractivity contribution >= 4 is 0 Å². The average Bonchev–Trinajstić information content (AvgIpc) is 2.53. The van der Waals surface area contributed by atoms with E-state index in [-0.39, 0.29) is 0 Å². The molecule has 2 nitrogen and oxygen atoms in total. The molecule has 1 aliphatic heterocycles. The molecule has 20 heavy (non-hydrogen) atoms. The van der Waals surface area contributed by atoms with Gasteiger partial charge < -0.3 is 10.1 Å². The fourth-order valence-corrected chi connectivity index (χ4v) is 3.76.